The van der Waals surface area contributed by atoms with Crippen molar-refractivity contribution in [3.05, 3.63) is 140 Å². The normalized spacial score (nSPS) is 21.9. The van der Waals surface area contributed by atoms with Crippen LogP contribution in [0.5, 0.6) is 0 Å². The van der Waals surface area contributed by atoms with Gasteiger partial charge in [0.2, 0.25) is 8.41 Å². The molecular formula is C40H40BrFN6O4Si. The highest BCUT2D eigenvalue weighted by molar-refractivity contribution is 9.10. The fourth-order valence-electron chi connectivity index (χ4n) is 8.52. The molecule has 2 aliphatic heterocycles. The zero-order valence-electron chi connectivity index (χ0n) is 29.6. The first-order valence-electron chi connectivity index (χ1n) is 17.8. The molecule has 2 aliphatic rings. The van der Waals surface area contributed by atoms with Gasteiger partial charge in [-0.1, -0.05) is 82.7 Å². The quantitative estimate of drug-likeness (QED) is 0.112. The first kappa shape index (κ1) is 35.3. The van der Waals surface area contributed by atoms with E-state index in [1.165, 1.54) is 4.68 Å². The van der Waals surface area contributed by atoms with Crippen molar-refractivity contribution in [1.82, 2.24) is 24.8 Å². The summed E-state index contributed by atoms with van der Waals surface area (Å²) in [4.78, 5) is 29.6. The van der Waals surface area contributed by atoms with Crippen molar-refractivity contribution in [3.8, 4) is 5.69 Å². The molecule has 1 unspecified atom stereocenters. The van der Waals surface area contributed by atoms with Crippen molar-refractivity contribution >= 4 is 46.8 Å². The van der Waals surface area contributed by atoms with Crippen LogP contribution in [-0.2, 0) is 28.2 Å². The first-order chi connectivity index (χ1) is 25.5. The lowest BCUT2D eigenvalue weighted by Crippen LogP contribution is -2.45. The van der Waals surface area contributed by atoms with Crippen LogP contribution >= 0.6 is 15.9 Å². The van der Waals surface area contributed by atoms with Gasteiger partial charge in [0.1, 0.15) is 0 Å². The Bertz CT molecular complexity index is 2360. The summed E-state index contributed by atoms with van der Waals surface area (Å²) in [7, 11) is -3.38. The number of carbonyl (C=O) groups excluding carboxylic acids is 1. The number of aliphatic hydroxyl groups excluding tert-OH is 1. The molecule has 4 aromatic carbocycles. The summed E-state index contributed by atoms with van der Waals surface area (Å²) in [6, 6.07) is 30.4. The molecule has 1 amide bonds. The molecule has 0 saturated carbocycles. The highest BCUT2D eigenvalue weighted by Crippen LogP contribution is 2.60. The molecular weight excluding hydrogens is 755 g/mol. The summed E-state index contributed by atoms with van der Waals surface area (Å²) < 4.78 is 27.4. The number of aryl methyl sites for hydroxylation is 1. The van der Waals surface area contributed by atoms with E-state index in [9.17, 15) is 14.7 Å². The zero-order valence-corrected chi connectivity index (χ0v) is 32.2. The molecule has 0 bridgehead atoms. The Morgan fingerprint density at radius 2 is 1.75 bits per heavy atom. The number of ether oxygens (including phenoxy) is 1. The van der Waals surface area contributed by atoms with Gasteiger partial charge < -0.3 is 18.9 Å². The van der Waals surface area contributed by atoms with Crippen molar-refractivity contribution in [1.29, 1.82) is 0 Å². The second-order valence-electron chi connectivity index (χ2n) is 14.6. The molecule has 1 fully saturated rings. The number of anilines is 1. The van der Waals surface area contributed by atoms with Crippen molar-refractivity contribution in [2.75, 3.05) is 11.5 Å². The third-order valence-corrected chi connectivity index (χ3v) is 13.9. The molecule has 1 saturated heterocycles. The number of H-pyrrole nitrogens is 1. The van der Waals surface area contributed by atoms with Crippen LogP contribution in [0.3, 0.4) is 0 Å². The fraction of sp³-hybridized carbons (Fsp3) is 0.300. The standard InChI is InChI=1S/C40H40BrFN6O4Si/c1-25-37(53(2,3)42)36(19-20-46-23-34(43-45-46)31(24-49)27-9-5-4-6-10-27)52-40(25)32-21-28(41)15-18-35(32)47(39(40)51)22-26-13-16-29(17-14-26)48-38(50)30-11-7-8-12-33(30)44-48/h4-18,21,23,25,31,36-37,44,49H,19-20,22,24H2,1-3H3/t25-,31?,36+,37-,40+/m1/s1. The predicted molar refractivity (Wildman–Crippen MR) is 207 cm³/mol. The van der Waals surface area contributed by atoms with E-state index in [1.807, 2.05) is 104 Å². The maximum Gasteiger partial charge on any atom is 0.279 e. The van der Waals surface area contributed by atoms with Crippen molar-refractivity contribution in [2.24, 2.45) is 5.92 Å². The first-order valence-corrected chi connectivity index (χ1v) is 21.6. The molecule has 272 valence electrons. The number of para-hydroxylation sites is 1. The molecule has 6 aromatic rings. The Labute approximate surface area is 315 Å². The Kier molecular flexibility index (Phi) is 9.08. The molecule has 5 atom stereocenters. The van der Waals surface area contributed by atoms with Gasteiger partial charge in [0.05, 0.1) is 53.1 Å². The van der Waals surface area contributed by atoms with E-state index in [0.29, 0.717) is 29.7 Å². The zero-order chi connectivity index (χ0) is 37.1. The molecule has 0 radical (unpaired) electrons. The number of amides is 1. The second kappa shape index (κ2) is 13.6. The number of aliphatic hydroxyl groups is 1. The highest BCUT2D eigenvalue weighted by atomic mass is 79.9. The van der Waals surface area contributed by atoms with Crippen molar-refractivity contribution in [2.45, 2.75) is 62.7 Å². The van der Waals surface area contributed by atoms with Crippen LogP contribution in [0.25, 0.3) is 16.6 Å². The molecule has 1 spiro atoms. The second-order valence-corrected chi connectivity index (χ2v) is 19.3. The molecule has 2 N–H and O–H groups in total. The molecule has 10 nitrogen and oxygen atoms in total. The number of halogens is 2. The van der Waals surface area contributed by atoms with Crippen LogP contribution in [0.2, 0.25) is 18.6 Å². The van der Waals surface area contributed by atoms with Crippen LogP contribution in [0.1, 0.15) is 41.6 Å². The number of hydrogen-bond donors (Lipinski definition) is 2. The Morgan fingerprint density at radius 3 is 2.47 bits per heavy atom. The number of aromatic nitrogens is 5. The smallest absolute Gasteiger partial charge is 0.279 e. The van der Waals surface area contributed by atoms with Gasteiger partial charge in [-0.3, -0.25) is 19.4 Å². The maximum absolute atomic E-state index is 16.4. The number of hydrogen-bond acceptors (Lipinski definition) is 6. The molecule has 8 rings (SSSR count). The average molecular weight is 796 g/mol. The van der Waals surface area contributed by atoms with Crippen molar-refractivity contribution < 1.29 is 18.7 Å². The SMILES string of the molecule is C[C@@H]1[C@@H]([Si](C)(C)F)[C@H](CCn2cc(C(CO)c3ccccc3)nn2)O[C@@]12C(=O)N(Cc1ccc(-n3[nH]c4ccccc4c3=O)cc1)c1ccc(Br)cc12. The van der Waals surface area contributed by atoms with Gasteiger partial charge in [0.15, 0.2) is 5.60 Å². The highest BCUT2D eigenvalue weighted by Gasteiger charge is 2.66. The van der Waals surface area contributed by atoms with E-state index in [1.54, 1.807) is 28.7 Å². The molecule has 4 heterocycles. The summed E-state index contributed by atoms with van der Waals surface area (Å²) in [5.41, 5.74) is 3.39. The monoisotopic (exact) mass is 794 g/mol. The van der Waals surface area contributed by atoms with Gasteiger partial charge in [-0.15, -0.1) is 5.10 Å². The van der Waals surface area contributed by atoms with E-state index < -0.39 is 31.6 Å². The Hall–Kier alpha value is -4.69. The van der Waals surface area contributed by atoms with Gasteiger partial charge in [-0.25, -0.2) is 4.68 Å². The molecule has 2 aromatic heterocycles. The number of aromatic amines is 1. The van der Waals surface area contributed by atoms with Gasteiger partial charge in [0.25, 0.3) is 11.5 Å². The predicted octanol–water partition coefficient (Wildman–Crippen LogP) is 7.21. The lowest BCUT2D eigenvalue weighted by atomic mass is 9.82. The summed E-state index contributed by atoms with van der Waals surface area (Å²) in [6.45, 7) is 5.92. The number of benzene rings is 4. The number of nitrogens with one attached hydrogen (secondary N) is 1. The van der Waals surface area contributed by atoms with Gasteiger partial charge in [-0.05, 0) is 73.1 Å². The molecule has 13 heteroatoms. The lowest BCUT2D eigenvalue weighted by Gasteiger charge is -2.31. The Morgan fingerprint density at radius 1 is 1.02 bits per heavy atom. The third-order valence-electron chi connectivity index (χ3n) is 11.0. The van der Waals surface area contributed by atoms with E-state index in [0.717, 1.165) is 32.4 Å². The number of carbonyl (C=O) groups is 1. The van der Waals surface area contributed by atoms with Gasteiger partial charge in [-0.2, -0.15) is 0 Å². The summed E-state index contributed by atoms with van der Waals surface area (Å²) in [6.07, 6.45) is 1.71. The van der Waals surface area contributed by atoms with E-state index in [4.69, 9.17) is 4.74 Å². The maximum atomic E-state index is 16.4. The molecule has 53 heavy (non-hydrogen) atoms. The minimum Gasteiger partial charge on any atom is -0.395 e. The van der Waals surface area contributed by atoms with E-state index >= 15 is 4.11 Å². The number of nitrogens with zero attached hydrogens (tertiary/aromatic N) is 5. The average Bonchev–Trinajstić information content (AvgIpc) is 3.89. The number of rotatable bonds is 10. The third kappa shape index (κ3) is 6.09. The summed E-state index contributed by atoms with van der Waals surface area (Å²) >= 11 is 3.62. The van der Waals surface area contributed by atoms with Crippen LogP contribution < -0.4 is 10.5 Å². The minimum atomic E-state index is -3.38. The lowest BCUT2D eigenvalue weighted by molar-refractivity contribution is -0.146. The van der Waals surface area contributed by atoms with Crippen LogP contribution in [0, 0.1) is 5.92 Å². The Balaban J connectivity index is 1.07. The molecule has 0 aliphatic carbocycles. The summed E-state index contributed by atoms with van der Waals surface area (Å²) in [5.74, 6) is -0.966. The summed E-state index contributed by atoms with van der Waals surface area (Å²) in [5, 5.41) is 22.6. The van der Waals surface area contributed by atoms with E-state index in [2.05, 4.69) is 31.3 Å². The fourth-order valence-corrected chi connectivity index (χ4v) is 11.4. The minimum absolute atomic E-state index is 0.111. The van der Waals surface area contributed by atoms with Crippen molar-refractivity contribution in [3.63, 3.8) is 0 Å². The van der Waals surface area contributed by atoms with Crippen LogP contribution in [0.15, 0.2) is 113 Å². The van der Waals surface area contributed by atoms with E-state index in [-0.39, 0.29) is 30.5 Å². The number of fused-ring (bicyclic) bond motifs is 3. The van der Waals surface area contributed by atoms with Gasteiger partial charge in [0, 0.05) is 34.2 Å². The van der Waals surface area contributed by atoms with Gasteiger partial charge >= 0.3 is 0 Å². The van der Waals surface area contributed by atoms with Crippen LogP contribution in [0.4, 0.5) is 9.80 Å². The van der Waals surface area contributed by atoms with Crippen LogP contribution in [-0.4, -0.2) is 56.9 Å². The topological polar surface area (TPSA) is 118 Å². The largest absolute Gasteiger partial charge is 0.395 e.